The van der Waals surface area contributed by atoms with E-state index >= 15 is 0 Å². The molecule has 3 heterocycles. The normalized spacial score (nSPS) is 16.7. The second-order valence-corrected chi connectivity index (χ2v) is 6.17. The van der Waals surface area contributed by atoms with E-state index in [0.29, 0.717) is 6.04 Å². The van der Waals surface area contributed by atoms with Gasteiger partial charge >= 0.3 is 0 Å². The van der Waals surface area contributed by atoms with Crippen LogP contribution in [0, 0.1) is 0 Å². The molecule has 0 aliphatic carbocycles. The molecule has 1 saturated heterocycles. The highest BCUT2D eigenvalue weighted by molar-refractivity contribution is 4.98. The van der Waals surface area contributed by atoms with E-state index in [2.05, 4.69) is 10.2 Å². The molecule has 0 saturated carbocycles. The molecule has 2 aromatic rings. The molecule has 3 rings (SSSR count). The summed E-state index contributed by atoms with van der Waals surface area (Å²) in [4.78, 5) is 14.1. The van der Waals surface area contributed by atoms with E-state index in [1.807, 2.05) is 24.4 Å². The molecule has 5 nitrogen and oxygen atoms in total. The number of furan rings is 1. The van der Waals surface area contributed by atoms with Crippen molar-refractivity contribution >= 4 is 0 Å². The lowest BCUT2D eigenvalue weighted by atomic mass is 10.0. The first kappa shape index (κ1) is 16.0. The van der Waals surface area contributed by atoms with Gasteiger partial charge in [0.05, 0.1) is 12.8 Å². The lowest BCUT2D eigenvalue weighted by Crippen LogP contribution is -2.42. The van der Waals surface area contributed by atoms with Crippen LogP contribution in [-0.4, -0.2) is 35.1 Å². The van der Waals surface area contributed by atoms with Crippen LogP contribution in [0.1, 0.15) is 25.0 Å². The molecule has 124 valence electrons. The first-order valence-corrected chi connectivity index (χ1v) is 8.45. The van der Waals surface area contributed by atoms with Crippen molar-refractivity contribution in [3.63, 3.8) is 0 Å². The third kappa shape index (κ3) is 4.81. The summed E-state index contributed by atoms with van der Waals surface area (Å²) in [5.74, 6) is 1.05. The fourth-order valence-electron chi connectivity index (χ4n) is 3.12. The van der Waals surface area contributed by atoms with Crippen molar-refractivity contribution < 1.29 is 4.42 Å². The van der Waals surface area contributed by atoms with Crippen molar-refractivity contribution in [2.45, 2.75) is 38.4 Å². The van der Waals surface area contributed by atoms with E-state index in [1.165, 1.54) is 12.8 Å². The zero-order valence-electron chi connectivity index (χ0n) is 13.5. The number of nitrogens with one attached hydrogen (secondary N) is 1. The van der Waals surface area contributed by atoms with E-state index in [9.17, 15) is 4.79 Å². The molecule has 0 amide bonds. The van der Waals surface area contributed by atoms with Crippen LogP contribution in [0.3, 0.4) is 0 Å². The van der Waals surface area contributed by atoms with Crippen LogP contribution >= 0.6 is 0 Å². The predicted molar refractivity (Wildman–Crippen MR) is 90.3 cm³/mol. The van der Waals surface area contributed by atoms with E-state index < -0.39 is 0 Å². The predicted octanol–water partition coefficient (Wildman–Crippen LogP) is 2.09. The molecule has 1 N–H and O–H groups in total. The number of likely N-dealkylation sites (tertiary alicyclic amines) is 1. The Morgan fingerprint density at radius 1 is 1.17 bits per heavy atom. The Balaban J connectivity index is 1.32. The lowest BCUT2D eigenvalue weighted by molar-refractivity contribution is 0.178. The third-order valence-corrected chi connectivity index (χ3v) is 4.45. The van der Waals surface area contributed by atoms with Gasteiger partial charge in [-0.05, 0) is 44.0 Å². The number of piperidine rings is 1. The van der Waals surface area contributed by atoms with Crippen molar-refractivity contribution in [2.24, 2.45) is 0 Å². The Morgan fingerprint density at radius 2 is 2.04 bits per heavy atom. The van der Waals surface area contributed by atoms with Gasteiger partial charge in [0.2, 0.25) is 5.56 Å². The summed E-state index contributed by atoms with van der Waals surface area (Å²) in [5.41, 5.74) is 0.0822. The molecule has 1 fully saturated rings. The van der Waals surface area contributed by atoms with Crippen LogP contribution in [-0.2, 0) is 13.1 Å². The van der Waals surface area contributed by atoms with Crippen LogP contribution in [0.4, 0.5) is 0 Å². The zero-order chi connectivity index (χ0) is 15.9. The van der Waals surface area contributed by atoms with Crippen LogP contribution in [0.25, 0.3) is 0 Å². The fourth-order valence-corrected chi connectivity index (χ4v) is 3.12. The number of aryl methyl sites for hydroxylation is 1. The molecule has 5 heteroatoms. The number of nitrogens with zero attached hydrogens (tertiary/aromatic N) is 2. The van der Waals surface area contributed by atoms with Crippen molar-refractivity contribution in [2.75, 3.05) is 19.6 Å². The molecule has 2 aromatic heterocycles. The Morgan fingerprint density at radius 3 is 2.78 bits per heavy atom. The Hall–Kier alpha value is -1.85. The first-order valence-electron chi connectivity index (χ1n) is 8.45. The molecule has 0 unspecified atom stereocenters. The highest BCUT2D eigenvalue weighted by atomic mass is 16.3. The Kier molecular flexibility index (Phi) is 5.66. The van der Waals surface area contributed by atoms with Crippen molar-refractivity contribution in [1.82, 2.24) is 14.8 Å². The quantitative estimate of drug-likeness (QED) is 0.795. The molecule has 23 heavy (non-hydrogen) atoms. The highest BCUT2D eigenvalue weighted by Crippen LogP contribution is 2.14. The number of hydrogen-bond acceptors (Lipinski definition) is 4. The maximum absolute atomic E-state index is 11.6. The van der Waals surface area contributed by atoms with Crippen LogP contribution in [0.5, 0.6) is 0 Å². The van der Waals surface area contributed by atoms with Gasteiger partial charge in [-0.15, -0.1) is 0 Å². The van der Waals surface area contributed by atoms with Gasteiger partial charge in [-0.25, -0.2) is 0 Å². The Bertz CT molecular complexity index is 628. The Labute approximate surface area is 136 Å². The number of hydrogen-bond donors (Lipinski definition) is 1. The molecule has 1 aliphatic heterocycles. The molecule has 0 spiro atoms. The monoisotopic (exact) mass is 315 g/mol. The van der Waals surface area contributed by atoms with Crippen molar-refractivity contribution in [1.29, 1.82) is 0 Å². The molecular formula is C18H25N3O2. The zero-order valence-corrected chi connectivity index (χ0v) is 13.5. The summed E-state index contributed by atoms with van der Waals surface area (Å²) < 4.78 is 7.18. The minimum absolute atomic E-state index is 0.0822. The standard InChI is InChI=1S/C18H25N3O2/c22-18-6-1-2-10-21(18)11-4-9-19-16-7-12-20(13-8-16)15-17-5-3-14-23-17/h1-3,5-6,10,14,16,19H,4,7-9,11-13,15H2. The van der Waals surface area contributed by atoms with Gasteiger partial charge in [-0.3, -0.25) is 9.69 Å². The van der Waals surface area contributed by atoms with Crippen molar-refractivity contribution in [3.05, 3.63) is 58.9 Å². The molecule has 0 atom stereocenters. The van der Waals surface area contributed by atoms with Crippen LogP contribution < -0.4 is 10.9 Å². The number of rotatable bonds is 7. The van der Waals surface area contributed by atoms with E-state index in [-0.39, 0.29) is 5.56 Å². The van der Waals surface area contributed by atoms with Gasteiger partial charge in [0, 0.05) is 37.9 Å². The number of aromatic nitrogens is 1. The van der Waals surface area contributed by atoms with Gasteiger partial charge in [-0.2, -0.15) is 0 Å². The van der Waals surface area contributed by atoms with Gasteiger partial charge in [0.25, 0.3) is 0 Å². The SMILES string of the molecule is O=c1ccccn1CCCNC1CCN(Cc2ccco2)CC1. The lowest BCUT2D eigenvalue weighted by Gasteiger charge is -2.31. The molecular weight excluding hydrogens is 290 g/mol. The summed E-state index contributed by atoms with van der Waals surface area (Å²) in [6, 6.07) is 9.88. The minimum atomic E-state index is 0.0822. The molecule has 0 bridgehead atoms. The summed E-state index contributed by atoms with van der Waals surface area (Å²) in [7, 11) is 0. The number of pyridine rings is 1. The minimum Gasteiger partial charge on any atom is -0.468 e. The highest BCUT2D eigenvalue weighted by Gasteiger charge is 2.19. The van der Waals surface area contributed by atoms with Crippen molar-refractivity contribution in [3.8, 4) is 0 Å². The van der Waals surface area contributed by atoms with Gasteiger partial charge in [0.15, 0.2) is 0 Å². The summed E-state index contributed by atoms with van der Waals surface area (Å²) >= 11 is 0. The average molecular weight is 315 g/mol. The summed E-state index contributed by atoms with van der Waals surface area (Å²) in [5, 5.41) is 3.63. The summed E-state index contributed by atoms with van der Waals surface area (Å²) in [6.45, 7) is 4.87. The van der Waals surface area contributed by atoms with E-state index in [1.54, 1.807) is 23.0 Å². The largest absolute Gasteiger partial charge is 0.468 e. The third-order valence-electron chi connectivity index (χ3n) is 4.45. The maximum atomic E-state index is 11.6. The average Bonchev–Trinajstić information content (AvgIpc) is 3.08. The first-order chi connectivity index (χ1) is 11.3. The van der Waals surface area contributed by atoms with Gasteiger partial charge in [0.1, 0.15) is 5.76 Å². The van der Waals surface area contributed by atoms with E-state index in [0.717, 1.165) is 44.9 Å². The summed E-state index contributed by atoms with van der Waals surface area (Å²) in [6.07, 6.45) is 6.92. The fraction of sp³-hybridized carbons (Fsp3) is 0.500. The molecule has 0 radical (unpaired) electrons. The van der Waals surface area contributed by atoms with Crippen LogP contribution in [0.2, 0.25) is 0 Å². The van der Waals surface area contributed by atoms with Gasteiger partial charge in [-0.1, -0.05) is 6.07 Å². The molecule has 1 aliphatic rings. The smallest absolute Gasteiger partial charge is 0.250 e. The topological polar surface area (TPSA) is 50.4 Å². The van der Waals surface area contributed by atoms with Gasteiger partial charge < -0.3 is 14.3 Å². The second kappa shape index (κ2) is 8.13. The van der Waals surface area contributed by atoms with Crippen LogP contribution in [0.15, 0.2) is 52.0 Å². The second-order valence-electron chi connectivity index (χ2n) is 6.17. The van der Waals surface area contributed by atoms with E-state index in [4.69, 9.17) is 4.42 Å². The maximum Gasteiger partial charge on any atom is 0.250 e. The molecule has 0 aromatic carbocycles.